The second-order valence-electron chi connectivity index (χ2n) is 5.49. The number of sulfone groups is 1. The monoisotopic (exact) mass is 413 g/mol. The van der Waals surface area contributed by atoms with Gasteiger partial charge in [-0.25, -0.2) is 13.2 Å². The third-order valence-electron chi connectivity index (χ3n) is 3.70. The maximum absolute atomic E-state index is 12.8. The zero-order valence-corrected chi connectivity index (χ0v) is 15.4. The minimum Gasteiger partial charge on any atom is -0.321 e. The van der Waals surface area contributed by atoms with Gasteiger partial charge < -0.3 is 10.3 Å². The first-order valence-electron chi connectivity index (χ1n) is 7.50. The summed E-state index contributed by atoms with van der Waals surface area (Å²) in [6.45, 7) is 1.72. The fourth-order valence-corrected chi connectivity index (χ4v) is 4.53. The summed E-state index contributed by atoms with van der Waals surface area (Å²) in [7, 11) is -4.89. The Balaban J connectivity index is 1.92. The van der Waals surface area contributed by atoms with Crippen molar-refractivity contribution in [2.75, 3.05) is 5.32 Å². The van der Waals surface area contributed by atoms with Crippen molar-refractivity contribution in [3.63, 3.8) is 0 Å². The molecule has 0 fully saturated rings. The van der Waals surface area contributed by atoms with E-state index < -0.39 is 26.4 Å². The molecule has 3 aromatic rings. The predicted molar refractivity (Wildman–Crippen MR) is 96.6 cm³/mol. The summed E-state index contributed by atoms with van der Waals surface area (Å²) in [6.07, 6.45) is 1.53. The number of rotatable bonds is 5. The van der Waals surface area contributed by atoms with Crippen LogP contribution in [0.3, 0.4) is 0 Å². The molecule has 0 unspecified atom stereocenters. The number of halogens is 2. The maximum Gasteiger partial charge on any atom is 0.341 e. The molecule has 3 rings (SSSR count). The molecule has 2 aromatic heterocycles. The number of hydrogen-bond acceptors (Lipinski definition) is 5. The fourth-order valence-electron chi connectivity index (χ4n) is 2.47. The number of aryl methyl sites for hydroxylation is 1. The molecule has 2 heterocycles. The molecular formula is C16H13F2N3O4S2. The van der Waals surface area contributed by atoms with Crippen LogP contribution < -0.4 is 11.0 Å². The molecule has 0 bridgehead atoms. The zero-order valence-electron chi connectivity index (χ0n) is 13.8. The first kappa shape index (κ1) is 19.0. The number of carbonyl (C=O) groups excluding carboxylic acids is 1. The first-order valence-corrected chi connectivity index (χ1v) is 9.93. The highest BCUT2D eigenvalue weighted by molar-refractivity contribution is 7.92. The van der Waals surface area contributed by atoms with Crippen LogP contribution in [-0.2, 0) is 9.84 Å². The number of benzene rings is 1. The summed E-state index contributed by atoms with van der Waals surface area (Å²) < 4.78 is 50.3. The van der Waals surface area contributed by atoms with Gasteiger partial charge in [-0.15, -0.1) is 11.3 Å². The fraction of sp³-hybridized carbons (Fsp3) is 0.125. The number of thiophene rings is 1. The lowest BCUT2D eigenvalue weighted by molar-refractivity contribution is 0.102. The molecule has 142 valence electrons. The molecule has 1 amide bonds. The van der Waals surface area contributed by atoms with Gasteiger partial charge in [0.2, 0.25) is 9.84 Å². The van der Waals surface area contributed by atoms with Crippen LogP contribution in [0.4, 0.5) is 14.5 Å². The summed E-state index contributed by atoms with van der Waals surface area (Å²) >= 11 is 0.743. The van der Waals surface area contributed by atoms with Crippen molar-refractivity contribution in [3.05, 3.63) is 63.0 Å². The average molecular weight is 413 g/mol. The summed E-state index contributed by atoms with van der Waals surface area (Å²) in [5.74, 6) is -4.45. The van der Waals surface area contributed by atoms with Crippen LogP contribution in [0.2, 0.25) is 0 Å². The van der Waals surface area contributed by atoms with Crippen molar-refractivity contribution < 1.29 is 22.0 Å². The van der Waals surface area contributed by atoms with E-state index >= 15 is 0 Å². The molecule has 27 heavy (non-hydrogen) atoms. The van der Waals surface area contributed by atoms with Gasteiger partial charge in [-0.1, -0.05) is 6.07 Å². The Hall–Kier alpha value is -2.79. The van der Waals surface area contributed by atoms with E-state index in [1.54, 1.807) is 19.1 Å². The molecule has 0 atom stereocenters. The summed E-state index contributed by atoms with van der Waals surface area (Å²) in [6, 6.07) is 7.25. The molecular weight excluding hydrogens is 400 g/mol. The summed E-state index contributed by atoms with van der Waals surface area (Å²) in [5.41, 5.74) is 1.04. The zero-order chi connectivity index (χ0) is 19.8. The van der Waals surface area contributed by atoms with Gasteiger partial charge in [0.25, 0.3) is 5.91 Å². The number of anilines is 1. The largest absolute Gasteiger partial charge is 0.341 e. The maximum atomic E-state index is 12.8. The molecule has 0 aliphatic heterocycles. The van der Waals surface area contributed by atoms with Crippen LogP contribution in [0.15, 0.2) is 51.6 Å². The Morgan fingerprint density at radius 1 is 1.30 bits per heavy atom. The van der Waals surface area contributed by atoms with E-state index in [4.69, 9.17) is 0 Å². The number of carbonyl (C=O) groups is 1. The molecule has 0 saturated heterocycles. The molecule has 2 N–H and O–H groups in total. The predicted octanol–water partition coefficient (Wildman–Crippen LogP) is 2.78. The van der Waals surface area contributed by atoms with E-state index in [9.17, 15) is 26.8 Å². The minimum atomic E-state index is -4.89. The van der Waals surface area contributed by atoms with Gasteiger partial charge in [0.1, 0.15) is 4.88 Å². The van der Waals surface area contributed by atoms with Crippen molar-refractivity contribution in [1.82, 2.24) is 9.55 Å². The number of nitrogens with one attached hydrogen (secondary N) is 2. The van der Waals surface area contributed by atoms with Gasteiger partial charge in [-0.05, 0) is 36.6 Å². The van der Waals surface area contributed by atoms with Crippen LogP contribution in [0.5, 0.6) is 0 Å². The van der Waals surface area contributed by atoms with E-state index in [1.807, 2.05) is 0 Å². The molecule has 0 aliphatic rings. The number of nitrogens with zero attached hydrogens (tertiary/aromatic N) is 1. The van der Waals surface area contributed by atoms with E-state index in [2.05, 4.69) is 10.3 Å². The minimum absolute atomic E-state index is 0.277. The Morgan fingerprint density at radius 3 is 2.67 bits per heavy atom. The van der Waals surface area contributed by atoms with Crippen molar-refractivity contribution in [1.29, 1.82) is 0 Å². The van der Waals surface area contributed by atoms with Crippen molar-refractivity contribution in [2.45, 2.75) is 17.6 Å². The van der Waals surface area contributed by atoms with Gasteiger partial charge in [0.05, 0.1) is 10.6 Å². The van der Waals surface area contributed by atoms with Crippen LogP contribution in [0, 0.1) is 6.92 Å². The van der Waals surface area contributed by atoms with Gasteiger partial charge in [0.15, 0.2) is 0 Å². The van der Waals surface area contributed by atoms with Crippen molar-refractivity contribution in [2.24, 2.45) is 0 Å². The lowest BCUT2D eigenvalue weighted by atomic mass is 10.2. The summed E-state index contributed by atoms with van der Waals surface area (Å²) in [4.78, 5) is 25.8. The molecule has 0 saturated carbocycles. The quantitative estimate of drug-likeness (QED) is 0.672. The molecule has 11 heteroatoms. The standard InChI is InChI=1S/C16H13F2N3O4S2/c1-9-8-19-16(23)21(9)11-4-2-3-10(7-11)20-14(22)13-12(5-6-26-13)27(24,25)15(17)18/h2-8,15H,1H3,(H,19,23)(H,20,22). The van der Waals surface area contributed by atoms with Gasteiger partial charge in [0, 0.05) is 17.6 Å². The molecule has 0 radical (unpaired) electrons. The van der Waals surface area contributed by atoms with E-state index in [-0.39, 0.29) is 16.3 Å². The highest BCUT2D eigenvalue weighted by Gasteiger charge is 2.32. The topological polar surface area (TPSA) is 101 Å². The van der Waals surface area contributed by atoms with E-state index in [0.29, 0.717) is 11.4 Å². The van der Waals surface area contributed by atoms with Gasteiger partial charge >= 0.3 is 11.4 Å². The van der Waals surface area contributed by atoms with Gasteiger partial charge in [-0.2, -0.15) is 8.78 Å². The number of aromatic amines is 1. The van der Waals surface area contributed by atoms with Crippen LogP contribution >= 0.6 is 11.3 Å². The highest BCUT2D eigenvalue weighted by atomic mass is 32.2. The Morgan fingerprint density at radius 2 is 2.04 bits per heavy atom. The second-order valence-corrected chi connectivity index (χ2v) is 8.30. The number of H-pyrrole nitrogens is 1. The third kappa shape index (κ3) is 3.55. The Bertz CT molecular complexity index is 1160. The molecule has 1 aromatic carbocycles. The normalized spacial score (nSPS) is 11.7. The number of aromatic nitrogens is 2. The number of amides is 1. The Labute approximate surface area is 156 Å². The second kappa shape index (κ2) is 7.08. The van der Waals surface area contributed by atoms with Crippen LogP contribution in [0.1, 0.15) is 15.4 Å². The number of alkyl halides is 2. The average Bonchev–Trinajstić information content (AvgIpc) is 3.22. The SMILES string of the molecule is Cc1c[nH]c(=O)n1-c1cccc(NC(=O)c2sccc2S(=O)(=O)C(F)F)c1. The van der Waals surface area contributed by atoms with E-state index in [0.717, 1.165) is 17.4 Å². The van der Waals surface area contributed by atoms with Crippen LogP contribution in [-0.4, -0.2) is 29.6 Å². The van der Waals surface area contributed by atoms with Crippen molar-refractivity contribution in [3.8, 4) is 5.69 Å². The number of imidazole rings is 1. The third-order valence-corrected chi connectivity index (χ3v) is 6.16. The van der Waals surface area contributed by atoms with Crippen LogP contribution in [0.25, 0.3) is 5.69 Å². The lowest BCUT2D eigenvalue weighted by Crippen LogP contribution is -2.18. The Kier molecular flexibility index (Phi) is 4.98. The van der Waals surface area contributed by atoms with Gasteiger partial charge in [-0.3, -0.25) is 9.36 Å². The molecule has 0 aliphatic carbocycles. The molecule has 7 nitrogen and oxygen atoms in total. The van der Waals surface area contributed by atoms with E-state index in [1.165, 1.54) is 28.3 Å². The lowest BCUT2D eigenvalue weighted by Gasteiger charge is -2.09. The highest BCUT2D eigenvalue weighted by Crippen LogP contribution is 2.27. The summed E-state index contributed by atoms with van der Waals surface area (Å²) in [5, 5.41) is 3.73. The smallest absolute Gasteiger partial charge is 0.321 e. The number of hydrogen-bond donors (Lipinski definition) is 2. The van der Waals surface area contributed by atoms with Crippen molar-refractivity contribution >= 4 is 32.8 Å². The molecule has 0 spiro atoms. The first-order chi connectivity index (χ1) is 12.7.